The summed E-state index contributed by atoms with van der Waals surface area (Å²) in [4.78, 5) is 56.3. The van der Waals surface area contributed by atoms with Crippen molar-refractivity contribution in [1.29, 1.82) is 0 Å². The maximum atomic E-state index is 12.0. The molecule has 0 atom stereocenters. The van der Waals surface area contributed by atoms with Crippen LogP contribution in [0, 0.1) is 0 Å². The van der Waals surface area contributed by atoms with Crippen molar-refractivity contribution in [3.05, 3.63) is 36.4 Å². The van der Waals surface area contributed by atoms with Crippen LogP contribution in [0.3, 0.4) is 0 Å². The molecule has 2 aliphatic heterocycles. The maximum absolute atomic E-state index is 12.0. The highest BCUT2D eigenvalue weighted by molar-refractivity contribution is 5.86. The zero-order chi connectivity index (χ0) is 28.4. The predicted octanol–water partition coefficient (Wildman–Crippen LogP) is 1.41. The number of hydrogen-bond acceptors (Lipinski definition) is 13. The third-order valence-corrected chi connectivity index (χ3v) is 5.79. The van der Waals surface area contributed by atoms with Gasteiger partial charge in [-0.3, -0.25) is 0 Å². The first-order valence-electron chi connectivity index (χ1n) is 12.6. The molecule has 0 spiro atoms. The first-order valence-corrected chi connectivity index (χ1v) is 12.6. The van der Waals surface area contributed by atoms with E-state index in [1.165, 1.54) is 14.2 Å². The number of halogens is 1. The van der Waals surface area contributed by atoms with Crippen LogP contribution < -0.4 is 15.1 Å². The Morgan fingerprint density at radius 3 is 1.50 bits per heavy atom. The van der Waals surface area contributed by atoms with Crippen molar-refractivity contribution >= 4 is 41.8 Å². The van der Waals surface area contributed by atoms with E-state index < -0.39 is 17.5 Å². The second kappa shape index (κ2) is 15.1. The fourth-order valence-corrected chi connectivity index (χ4v) is 3.76. The molecule has 0 radical (unpaired) electrons. The van der Waals surface area contributed by atoms with Crippen LogP contribution in [-0.2, 0) is 14.2 Å². The Kier molecular flexibility index (Phi) is 12.3. The molecule has 1 N–H and O–H groups in total. The molecule has 2 aliphatic rings. The fraction of sp³-hybridized carbons (Fsp3) is 0.560. The number of esters is 2. The Bertz CT molecular complexity index is 1100. The summed E-state index contributed by atoms with van der Waals surface area (Å²) in [5, 5.41) is 3.27. The number of ether oxygens (including phenoxy) is 3. The number of aromatic nitrogens is 4. The van der Waals surface area contributed by atoms with Crippen molar-refractivity contribution in [2.45, 2.75) is 26.4 Å². The van der Waals surface area contributed by atoms with Crippen LogP contribution in [0.1, 0.15) is 42.0 Å². The Balaban J connectivity index is 0.000000290. The minimum absolute atomic E-state index is 0. The van der Waals surface area contributed by atoms with Gasteiger partial charge >= 0.3 is 18.0 Å². The van der Waals surface area contributed by atoms with Crippen LogP contribution in [0.15, 0.2) is 24.8 Å². The summed E-state index contributed by atoms with van der Waals surface area (Å²) in [6, 6.07) is 0. The first-order chi connectivity index (χ1) is 18.6. The molecule has 4 rings (SSSR count). The number of hydrogen-bond donors (Lipinski definition) is 1. The Morgan fingerprint density at radius 2 is 1.12 bits per heavy atom. The Hall–Kier alpha value is -3.78. The topological polar surface area (TPSA) is 152 Å². The highest BCUT2D eigenvalue weighted by atomic mass is 35.5. The van der Waals surface area contributed by atoms with E-state index in [0.29, 0.717) is 26.2 Å². The average molecular weight is 581 g/mol. The highest BCUT2D eigenvalue weighted by Crippen LogP contribution is 2.17. The lowest BCUT2D eigenvalue weighted by atomic mass is 10.2. The van der Waals surface area contributed by atoms with Crippen molar-refractivity contribution < 1.29 is 28.6 Å². The third kappa shape index (κ3) is 9.45. The van der Waals surface area contributed by atoms with Crippen molar-refractivity contribution in [1.82, 2.24) is 30.2 Å². The minimum atomic E-state index is -0.564. The fourth-order valence-electron chi connectivity index (χ4n) is 3.76. The normalized spacial score (nSPS) is 15.2. The Labute approximate surface area is 239 Å². The second-order valence-electron chi connectivity index (χ2n) is 9.70. The molecule has 15 heteroatoms. The smallest absolute Gasteiger partial charge is 0.410 e. The third-order valence-electron chi connectivity index (χ3n) is 5.79. The largest absolute Gasteiger partial charge is 0.463 e. The lowest BCUT2D eigenvalue weighted by Crippen LogP contribution is -2.50. The van der Waals surface area contributed by atoms with E-state index in [1.54, 1.807) is 29.7 Å². The van der Waals surface area contributed by atoms with Gasteiger partial charge in [0.1, 0.15) is 5.60 Å². The van der Waals surface area contributed by atoms with Crippen LogP contribution in [0.2, 0.25) is 0 Å². The predicted molar refractivity (Wildman–Crippen MR) is 149 cm³/mol. The summed E-state index contributed by atoms with van der Waals surface area (Å²) in [5.41, 5.74) is 1.25. The van der Waals surface area contributed by atoms with Crippen molar-refractivity contribution in [2.75, 3.05) is 76.4 Å². The molecule has 2 fully saturated rings. The summed E-state index contributed by atoms with van der Waals surface area (Å²) in [7, 11) is 2.60. The molecule has 2 aromatic rings. The lowest BCUT2D eigenvalue weighted by Gasteiger charge is -2.36. The summed E-state index contributed by atoms with van der Waals surface area (Å²) in [5.74, 6) is -0.941. The molecule has 14 nitrogen and oxygen atoms in total. The number of anilines is 2. The molecule has 0 bridgehead atoms. The van der Waals surface area contributed by atoms with E-state index in [-0.39, 0.29) is 30.1 Å². The monoisotopic (exact) mass is 580 g/mol. The van der Waals surface area contributed by atoms with Gasteiger partial charge in [-0.15, -0.1) is 12.4 Å². The molecule has 0 unspecified atom stereocenters. The molecular weight excluding hydrogens is 544 g/mol. The molecule has 220 valence electrons. The standard InChI is InChI=1S/C15H22N4O4.C10H14N4O2.ClH/c1-15(2,3)23-14(21)19-7-5-18(6-8-19)11-9-16-12(17-10-11)13(20)22-4;1-16-10(15)9-12-6-8(7-13-9)14-4-2-11-3-5-14;/h9-10H,5-8H2,1-4H3;6-7,11H,2-5H2,1H3;1H. The number of nitrogens with zero attached hydrogens (tertiary/aromatic N) is 7. The van der Waals surface area contributed by atoms with E-state index in [9.17, 15) is 14.4 Å². The highest BCUT2D eigenvalue weighted by Gasteiger charge is 2.26. The van der Waals surface area contributed by atoms with Gasteiger partial charge in [0, 0.05) is 52.4 Å². The number of methoxy groups -OCH3 is 2. The number of carbonyl (C=O) groups excluding carboxylic acids is 3. The minimum Gasteiger partial charge on any atom is -0.463 e. The average Bonchev–Trinajstić information content (AvgIpc) is 2.96. The summed E-state index contributed by atoms with van der Waals surface area (Å²) in [6.45, 7) is 11.8. The molecule has 2 saturated heterocycles. The van der Waals surface area contributed by atoms with E-state index in [0.717, 1.165) is 37.6 Å². The van der Waals surface area contributed by atoms with Gasteiger partial charge in [0.25, 0.3) is 0 Å². The van der Waals surface area contributed by atoms with Crippen LogP contribution in [-0.4, -0.2) is 115 Å². The lowest BCUT2D eigenvalue weighted by molar-refractivity contribution is 0.0240. The van der Waals surface area contributed by atoms with Gasteiger partial charge in [-0.1, -0.05) is 0 Å². The molecule has 2 aromatic heterocycles. The molecule has 0 aromatic carbocycles. The van der Waals surface area contributed by atoms with E-state index >= 15 is 0 Å². The SMILES string of the molecule is COC(=O)c1ncc(N2CCN(C(=O)OC(C)(C)C)CC2)cn1.COC(=O)c1ncc(N2CCNCC2)cn1.Cl. The molecule has 0 saturated carbocycles. The quantitative estimate of drug-likeness (QED) is 0.410. The van der Waals surface area contributed by atoms with E-state index in [4.69, 9.17) is 4.74 Å². The molecule has 0 aliphatic carbocycles. The van der Waals surface area contributed by atoms with Gasteiger partial charge in [0.05, 0.1) is 50.4 Å². The van der Waals surface area contributed by atoms with Gasteiger partial charge < -0.3 is 34.2 Å². The maximum Gasteiger partial charge on any atom is 0.410 e. The van der Waals surface area contributed by atoms with Gasteiger partial charge in [-0.25, -0.2) is 34.3 Å². The zero-order valence-corrected chi connectivity index (χ0v) is 24.3. The van der Waals surface area contributed by atoms with Gasteiger partial charge in [0.2, 0.25) is 11.6 Å². The molecule has 40 heavy (non-hydrogen) atoms. The molecule has 4 heterocycles. The van der Waals surface area contributed by atoms with E-state index in [2.05, 4.69) is 44.5 Å². The number of amides is 1. The summed E-state index contributed by atoms with van der Waals surface area (Å²) >= 11 is 0. The summed E-state index contributed by atoms with van der Waals surface area (Å²) in [6.07, 6.45) is 6.19. The molecule has 1 amide bonds. The van der Waals surface area contributed by atoms with Gasteiger partial charge in [-0.05, 0) is 20.8 Å². The first kappa shape index (κ1) is 32.4. The summed E-state index contributed by atoms with van der Waals surface area (Å²) < 4.78 is 14.5. The van der Waals surface area contributed by atoms with Crippen LogP contribution in [0.5, 0.6) is 0 Å². The van der Waals surface area contributed by atoms with Crippen molar-refractivity contribution in [2.24, 2.45) is 0 Å². The van der Waals surface area contributed by atoms with Gasteiger partial charge in [0.15, 0.2) is 0 Å². The molecular formula is C25H37ClN8O6. The van der Waals surface area contributed by atoms with Crippen LogP contribution in [0.4, 0.5) is 16.2 Å². The van der Waals surface area contributed by atoms with Crippen LogP contribution in [0.25, 0.3) is 0 Å². The number of carbonyl (C=O) groups is 3. The van der Waals surface area contributed by atoms with Crippen molar-refractivity contribution in [3.8, 4) is 0 Å². The zero-order valence-electron chi connectivity index (χ0n) is 23.5. The Morgan fingerprint density at radius 1 is 0.725 bits per heavy atom. The van der Waals surface area contributed by atoms with Crippen molar-refractivity contribution in [3.63, 3.8) is 0 Å². The number of nitrogens with one attached hydrogen (secondary N) is 1. The number of piperazine rings is 2. The number of rotatable bonds is 4. The second-order valence-corrected chi connectivity index (χ2v) is 9.70. The van der Waals surface area contributed by atoms with Crippen LogP contribution >= 0.6 is 12.4 Å². The van der Waals surface area contributed by atoms with Gasteiger partial charge in [-0.2, -0.15) is 0 Å². The van der Waals surface area contributed by atoms with E-state index in [1.807, 2.05) is 20.8 Å².